The van der Waals surface area contributed by atoms with Crippen molar-refractivity contribution in [1.82, 2.24) is 14.5 Å². The van der Waals surface area contributed by atoms with Crippen LogP contribution in [0.4, 0.5) is 5.69 Å². The predicted octanol–water partition coefficient (Wildman–Crippen LogP) is 2.58. The van der Waals surface area contributed by atoms with E-state index in [-0.39, 0.29) is 22.8 Å². The van der Waals surface area contributed by atoms with Crippen molar-refractivity contribution in [3.63, 3.8) is 0 Å². The van der Waals surface area contributed by atoms with Crippen molar-refractivity contribution in [1.29, 1.82) is 0 Å². The van der Waals surface area contributed by atoms with E-state index in [4.69, 9.17) is 9.47 Å². The van der Waals surface area contributed by atoms with Crippen LogP contribution in [0.5, 0.6) is 11.5 Å². The SMILES string of the molecule is COc1ccc(CNS(=O)(=O)c2cc([N+](=O)[O-])ccc2-n2cc(C)cn2)c(OC)c1. The third kappa shape index (κ3) is 4.42. The number of methoxy groups -OCH3 is 2. The molecular formula is C19H20N4O6S. The molecule has 0 aliphatic carbocycles. The molecule has 0 fully saturated rings. The molecule has 0 atom stereocenters. The fourth-order valence-electron chi connectivity index (χ4n) is 2.81. The van der Waals surface area contributed by atoms with Crippen molar-refractivity contribution in [2.75, 3.05) is 14.2 Å². The highest BCUT2D eigenvalue weighted by molar-refractivity contribution is 7.89. The van der Waals surface area contributed by atoms with Gasteiger partial charge in [0.05, 0.1) is 31.0 Å². The average molecular weight is 432 g/mol. The largest absolute Gasteiger partial charge is 0.497 e. The number of nitro groups is 1. The summed E-state index contributed by atoms with van der Waals surface area (Å²) in [4.78, 5) is 10.3. The molecule has 0 radical (unpaired) electrons. The fraction of sp³-hybridized carbons (Fsp3) is 0.211. The average Bonchev–Trinajstić information content (AvgIpc) is 3.17. The predicted molar refractivity (Wildman–Crippen MR) is 109 cm³/mol. The number of rotatable bonds is 8. The first-order valence-electron chi connectivity index (χ1n) is 8.76. The number of non-ortho nitro benzene ring substituents is 1. The first-order chi connectivity index (χ1) is 14.2. The summed E-state index contributed by atoms with van der Waals surface area (Å²) in [5.41, 5.74) is 1.24. The number of benzene rings is 2. The van der Waals surface area contributed by atoms with Crippen molar-refractivity contribution in [3.05, 3.63) is 70.0 Å². The van der Waals surface area contributed by atoms with E-state index in [2.05, 4.69) is 9.82 Å². The zero-order chi connectivity index (χ0) is 21.9. The maximum Gasteiger partial charge on any atom is 0.270 e. The van der Waals surface area contributed by atoms with Crippen molar-refractivity contribution in [2.24, 2.45) is 0 Å². The normalized spacial score (nSPS) is 11.3. The maximum absolute atomic E-state index is 13.1. The topological polar surface area (TPSA) is 126 Å². The van der Waals surface area contributed by atoms with Crippen molar-refractivity contribution < 1.29 is 22.8 Å². The Morgan fingerprint density at radius 2 is 1.93 bits per heavy atom. The van der Waals surface area contributed by atoms with Gasteiger partial charge in [-0.15, -0.1) is 0 Å². The van der Waals surface area contributed by atoms with Crippen LogP contribution in [0.15, 0.2) is 53.7 Å². The minimum Gasteiger partial charge on any atom is -0.497 e. The molecule has 0 bridgehead atoms. The summed E-state index contributed by atoms with van der Waals surface area (Å²) in [6, 6.07) is 8.59. The summed E-state index contributed by atoms with van der Waals surface area (Å²) in [5.74, 6) is 1.01. The van der Waals surface area contributed by atoms with Crippen LogP contribution >= 0.6 is 0 Å². The van der Waals surface area contributed by atoms with Gasteiger partial charge in [-0.05, 0) is 24.6 Å². The molecule has 2 aromatic carbocycles. The molecule has 0 aliphatic heterocycles. The van der Waals surface area contributed by atoms with Gasteiger partial charge < -0.3 is 9.47 Å². The number of nitro benzene ring substituents is 1. The number of aryl methyl sites for hydroxylation is 1. The molecule has 0 spiro atoms. The Balaban J connectivity index is 1.99. The molecule has 0 unspecified atom stereocenters. The number of aromatic nitrogens is 2. The highest BCUT2D eigenvalue weighted by Crippen LogP contribution is 2.27. The quantitative estimate of drug-likeness (QED) is 0.428. The van der Waals surface area contributed by atoms with Gasteiger partial charge in [0.25, 0.3) is 5.69 Å². The summed E-state index contributed by atoms with van der Waals surface area (Å²) < 4.78 is 40.4. The molecule has 1 N–H and O–H groups in total. The number of sulfonamides is 1. The molecule has 10 nitrogen and oxygen atoms in total. The fourth-order valence-corrected chi connectivity index (χ4v) is 4.03. The van der Waals surface area contributed by atoms with Crippen molar-refractivity contribution >= 4 is 15.7 Å². The molecule has 0 amide bonds. The lowest BCUT2D eigenvalue weighted by atomic mass is 10.2. The van der Waals surface area contributed by atoms with Crippen LogP contribution in [0, 0.1) is 17.0 Å². The summed E-state index contributed by atoms with van der Waals surface area (Å²) in [6.07, 6.45) is 3.19. The van der Waals surface area contributed by atoms with Crippen molar-refractivity contribution in [2.45, 2.75) is 18.4 Å². The molecular weight excluding hydrogens is 412 g/mol. The van der Waals surface area contributed by atoms with Crippen LogP contribution in [-0.4, -0.2) is 37.3 Å². The smallest absolute Gasteiger partial charge is 0.270 e. The molecule has 158 valence electrons. The van der Waals surface area contributed by atoms with Crippen LogP contribution in [0.2, 0.25) is 0 Å². The van der Waals surface area contributed by atoms with E-state index in [9.17, 15) is 18.5 Å². The highest BCUT2D eigenvalue weighted by atomic mass is 32.2. The van der Waals surface area contributed by atoms with Crippen molar-refractivity contribution in [3.8, 4) is 17.2 Å². The molecule has 11 heteroatoms. The Bertz CT molecular complexity index is 1190. The van der Waals surface area contributed by atoms with Crippen LogP contribution in [0.3, 0.4) is 0 Å². The third-order valence-corrected chi connectivity index (χ3v) is 5.78. The van der Waals surface area contributed by atoms with E-state index in [0.29, 0.717) is 17.1 Å². The van der Waals surface area contributed by atoms with Gasteiger partial charge in [0.15, 0.2) is 0 Å². The lowest BCUT2D eigenvalue weighted by molar-refractivity contribution is -0.385. The van der Waals surface area contributed by atoms with Gasteiger partial charge in [-0.2, -0.15) is 5.10 Å². The molecule has 3 aromatic rings. The van der Waals surface area contributed by atoms with Gasteiger partial charge in [-0.25, -0.2) is 17.8 Å². The lowest BCUT2D eigenvalue weighted by Crippen LogP contribution is -2.25. The molecule has 0 saturated carbocycles. The van der Waals surface area contributed by atoms with Gasteiger partial charge in [0, 0.05) is 36.5 Å². The van der Waals surface area contributed by atoms with Gasteiger partial charge in [-0.1, -0.05) is 6.07 Å². The second-order valence-corrected chi connectivity index (χ2v) is 8.11. The van der Waals surface area contributed by atoms with E-state index in [1.165, 1.54) is 31.0 Å². The summed E-state index contributed by atoms with van der Waals surface area (Å²) >= 11 is 0. The van der Waals surface area contributed by atoms with E-state index in [0.717, 1.165) is 11.6 Å². The lowest BCUT2D eigenvalue weighted by Gasteiger charge is -2.14. The molecule has 0 saturated heterocycles. The van der Waals surface area contributed by atoms with Crippen LogP contribution in [-0.2, 0) is 16.6 Å². The minimum atomic E-state index is -4.13. The molecule has 1 aromatic heterocycles. The van der Waals surface area contributed by atoms with Crippen LogP contribution in [0.1, 0.15) is 11.1 Å². The Morgan fingerprint density at radius 3 is 2.53 bits per heavy atom. The number of hydrogen-bond donors (Lipinski definition) is 1. The number of nitrogens with zero attached hydrogens (tertiary/aromatic N) is 3. The number of hydrogen-bond acceptors (Lipinski definition) is 7. The summed E-state index contributed by atoms with van der Waals surface area (Å²) in [7, 11) is -1.15. The monoisotopic (exact) mass is 432 g/mol. The summed E-state index contributed by atoms with van der Waals surface area (Å²) in [6.45, 7) is 1.72. The second kappa shape index (κ2) is 8.51. The minimum absolute atomic E-state index is 0.0875. The van der Waals surface area contributed by atoms with E-state index < -0.39 is 14.9 Å². The van der Waals surface area contributed by atoms with Gasteiger partial charge >= 0.3 is 0 Å². The Morgan fingerprint density at radius 1 is 1.17 bits per heavy atom. The Labute approximate surface area is 173 Å². The Hall–Kier alpha value is -3.44. The van der Waals surface area contributed by atoms with E-state index in [1.54, 1.807) is 37.5 Å². The first kappa shape index (κ1) is 21.3. The summed E-state index contributed by atoms with van der Waals surface area (Å²) in [5, 5.41) is 15.3. The van der Waals surface area contributed by atoms with Gasteiger partial charge in [-0.3, -0.25) is 10.1 Å². The first-order valence-corrected chi connectivity index (χ1v) is 10.2. The highest BCUT2D eigenvalue weighted by Gasteiger charge is 2.24. The second-order valence-electron chi connectivity index (χ2n) is 6.37. The molecule has 1 heterocycles. The zero-order valence-electron chi connectivity index (χ0n) is 16.5. The third-order valence-electron chi connectivity index (χ3n) is 4.35. The number of nitrogens with one attached hydrogen (secondary N) is 1. The molecule has 0 aliphatic rings. The van der Waals surface area contributed by atoms with E-state index >= 15 is 0 Å². The van der Waals surface area contributed by atoms with Crippen LogP contribution in [0.25, 0.3) is 5.69 Å². The zero-order valence-corrected chi connectivity index (χ0v) is 17.3. The van der Waals surface area contributed by atoms with Crippen LogP contribution < -0.4 is 14.2 Å². The Kier molecular flexibility index (Phi) is 6.04. The van der Waals surface area contributed by atoms with Gasteiger partial charge in [0.1, 0.15) is 16.4 Å². The number of ether oxygens (including phenoxy) is 2. The standard InChI is InChI=1S/C19H20N4O6S/c1-13-10-20-22(12-13)17-7-5-15(23(24)25)8-19(17)30(26,27)21-11-14-4-6-16(28-2)9-18(14)29-3/h4-10,12,21H,11H2,1-3H3. The van der Waals surface area contributed by atoms with Gasteiger partial charge in [0.2, 0.25) is 10.0 Å². The maximum atomic E-state index is 13.1. The molecule has 3 rings (SSSR count). The van der Waals surface area contributed by atoms with E-state index in [1.807, 2.05) is 0 Å². The molecule has 30 heavy (non-hydrogen) atoms.